The van der Waals surface area contributed by atoms with E-state index in [-0.39, 0.29) is 5.97 Å². The zero-order valence-electron chi connectivity index (χ0n) is 11.7. The van der Waals surface area contributed by atoms with Gasteiger partial charge in [0.2, 0.25) is 0 Å². The maximum absolute atomic E-state index is 12.3. The normalized spacial score (nSPS) is 17.6. The summed E-state index contributed by atoms with van der Waals surface area (Å²) in [6, 6.07) is 7.95. The van der Waals surface area contributed by atoms with Crippen molar-refractivity contribution >= 4 is 5.97 Å². The molecule has 19 heavy (non-hydrogen) atoms. The van der Waals surface area contributed by atoms with E-state index in [1.165, 1.54) is 0 Å². The van der Waals surface area contributed by atoms with Crippen LogP contribution in [0.15, 0.2) is 24.3 Å². The van der Waals surface area contributed by atoms with Crippen LogP contribution in [0.25, 0.3) is 0 Å². The van der Waals surface area contributed by atoms with Crippen molar-refractivity contribution in [2.45, 2.75) is 38.3 Å². The van der Waals surface area contributed by atoms with Crippen molar-refractivity contribution in [1.29, 1.82) is 0 Å². The highest BCUT2D eigenvalue weighted by molar-refractivity contribution is 5.82. The molecule has 0 heterocycles. The van der Waals surface area contributed by atoms with Gasteiger partial charge in [-0.05, 0) is 44.4 Å². The summed E-state index contributed by atoms with van der Waals surface area (Å²) in [7, 11) is 1.63. The predicted molar refractivity (Wildman–Crippen MR) is 73.1 cm³/mol. The Hall–Kier alpha value is -1.55. The second kappa shape index (κ2) is 5.61. The molecule has 0 aromatic heterocycles. The van der Waals surface area contributed by atoms with Crippen molar-refractivity contribution < 1.29 is 14.3 Å². The number of hydrogen-bond donors (Lipinski definition) is 1. The molecule has 0 amide bonds. The minimum absolute atomic E-state index is 0.230. The fourth-order valence-electron chi connectivity index (χ4n) is 2.10. The lowest BCUT2D eigenvalue weighted by Crippen LogP contribution is -2.48. The van der Waals surface area contributed by atoms with Gasteiger partial charge in [-0.15, -0.1) is 0 Å². The van der Waals surface area contributed by atoms with E-state index in [0.717, 1.165) is 24.2 Å². The maximum atomic E-state index is 12.3. The molecule has 104 valence electrons. The number of benzene rings is 1. The van der Waals surface area contributed by atoms with Gasteiger partial charge in [-0.3, -0.25) is 5.32 Å². The Morgan fingerprint density at radius 1 is 1.37 bits per heavy atom. The van der Waals surface area contributed by atoms with Gasteiger partial charge in [-0.25, -0.2) is 4.79 Å². The van der Waals surface area contributed by atoms with Gasteiger partial charge >= 0.3 is 5.97 Å². The quantitative estimate of drug-likeness (QED) is 0.800. The van der Waals surface area contributed by atoms with Gasteiger partial charge in [0, 0.05) is 6.04 Å². The molecule has 4 nitrogen and oxygen atoms in total. The van der Waals surface area contributed by atoms with E-state index < -0.39 is 5.54 Å². The van der Waals surface area contributed by atoms with E-state index in [9.17, 15) is 4.79 Å². The minimum Gasteiger partial charge on any atom is -0.497 e. The van der Waals surface area contributed by atoms with Crippen LogP contribution in [0.5, 0.6) is 5.75 Å². The number of nitrogens with one attached hydrogen (secondary N) is 1. The monoisotopic (exact) mass is 263 g/mol. The zero-order valence-corrected chi connectivity index (χ0v) is 11.7. The summed E-state index contributed by atoms with van der Waals surface area (Å²) < 4.78 is 10.4. The van der Waals surface area contributed by atoms with Gasteiger partial charge in [0.25, 0.3) is 0 Å². The van der Waals surface area contributed by atoms with E-state index in [1.54, 1.807) is 7.11 Å². The average molecular weight is 263 g/mol. The molecule has 0 radical (unpaired) electrons. The highest BCUT2D eigenvalue weighted by Crippen LogP contribution is 2.30. The van der Waals surface area contributed by atoms with Crippen molar-refractivity contribution in [3.63, 3.8) is 0 Å². The number of rotatable bonds is 6. The van der Waals surface area contributed by atoms with Crippen LogP contribution in [-0.2, 0) is 15.1 Å². The fraction of sp³-hybridized carbons (Fsp3) is 0.533. The molecule has 1 unspecified atom stereocenters. The second-order valence-electron chi connectivity index (χ2n) is 4.99. The van der Waals surface area contributed by atoms with E-state index in [1.807, 2.05) is 38.1 Å². The molecule has 0 bridgehead atoms. The van der Waals surface area contributed by atoms with Gasteiger partial charge in [-0.1, -0.05) is 12.1 Å². The lowest BCUT2D eigenvalue weighted by atomic mass is 9.91. The third kappa shape index (κ3) is 3.07. The number of carbonyl (C=O) groups is 1. The van der Waals surface area contributed by atoms with Crippen molar-refractivity contribution in [3.05, 3.63) is 29.8 Å². The first kappa shape index (κ1) is 13.9. The molecule has 0 aliphatic heterocycles. The van der Waals surface area contributed by atoms with Crippen molar-refractivity contribution in [1.82, 2.24) is 5.32 Å². The lowest BCUT2D eigenvalue weighted by Gasteiger charge is -2.29. The molecule has 1 aromatic carbocycles. The molecule has 4 heteroatoms. The summed E-state index contributed by atoms with van der Waals surface area (Å²) in [4.78, 5) is 12.3. The minimum atomic E-state index is -0.788. The van der Waals surface area contributed by atoms with Gasteiger partial charge in [-0.2, -0.15) is 0 Å². The van der Waals surface area contributed by atoms with Crippen LogP contribution in [-0.4, -0.2) is 25.7 Å². The van der Waals surface area contributed by atoms with E-state index >= 15 is 0 Å². The predicted octanol–water partition coefficient (Wildman–Crippen LogP) is 2.23. The van der Waals surface area contributed by atoms with Gasteiger partial charge in [0.1, 0.15) is 11.3 Å². The Kier molecular flexibility index (Phi) is 4.10. The highest BCUT2D eigenvalue weighted by Gasteiger charge is 2.41. The Labute approximate surface area is 114 Å². The maximum Gasteiger partial charge on any atom is 0.330 e. The molecule has 1 N–H and O–H groups in total. The largest absolute Gasteiger partial charge is 0.497 e. The molecule has 2 rings (SSSR count). The average Bonchev–Trinajstić information content (AvgIpc) is 3.23. The number of esters is 1. The van der Waals surface area contributed by atoms with Crippen LogP contribution in [0.2, 0.25) is 0 Å². The molecule has 0 saturated heterocycles. The standard InChI is InChI=1S/C15H21NO3/c1-4-19-14(17)15(2,16-12-7-8-12)11-5-9-13(18-3)10-6-11/h5-6,9-10,12,16H,4,7-8H2,1-3H3. The fourth-order valence-corrected chi connectivity index (χ4v) is 2.10. The van der Waals surface area contributed by atoms with Crippen LogP contribution >= 0.6 is 0 Å². The molecular weight excluding hydrogens is 242 g/mol. The van der Waals surface area contributed by atoms with E-state index in [0.29, 0.717) is 12.6 Å². The molecule has 1 fully saturated rings. The number of carbonyl (C=O) groups excluding carboxylic acids is 1. The number of ether oxygens (including phenoxy) is 2. The Morgan fingerprint density at radius 3 is 2.47 bits per heavy atom. The molecule has 0 spiro atoms. The molecule has 1 atom stereocenters. The summed E-state index contributed by atoms with van der Waals surface area (Å²) in [5, 5.41) is 3.39. The van der Waals surface area contributed by atoms with Crippen molar-refractivity contribution in [2.75, 3.05) is 13.7 Å². The molecule has 1 aromatic rings. The van der Waals surface area contributed by atoms with Crippen LogP contribution in [0.3, 0.4) is 0 Å². The van der Waals surface area contributed by atoms with Crippen molar-refractivity contribution in [3.8, 4) is 5.75 Å². The molecule has 1 aliphatic rings. The third-order valence-corrected chi connectivity index (χ3v) is 3.42. The summed E-state index contributed by atoms with van der Waals surface area (Å²) in [5.74, 6) is 0.549. The topological polar surface area (TPSA) is 47.6 Å². The smallest absolute Gasteiger partial charge is 0.330 e. The Balaban J connectivity index is 2.26. The first-order chi connectivity index (χ1) is 9.10. The van der Waals surface area contributed by atoms with Crippen LogP contribution in [0.1, 0.15) is 32.3 Å². The Bertz CT molecular complexity index is 439. The molecule has 1 aliphatic carbocycles. The zero-order chi connectivity index (χ0) is 13.9. The van der Waals surface area contributed by atoms with Gasteiger partial charge < -0.3 is 9.47 Å². The number of methoxy groups -OCH3 is 1. The highest BCUT2D eigenvalue weighted by atomic mass is 16.5. The SMILES string of the molecule is CCOC(=O)C(C)(NC1CC1)c1ccc(OC)cc1. The summed E-state index contributed by atoms with van der Waals surface area (Å²) >= 11 is 0. The van der Waals surface area contributed by atoms with Crippen LogP contribution in [0, 0.1) is 0 Å². The molecule has 1 saturated carbocycles. The van der Waals surface area contributed by atoms with Crippen LogP contribution in [0.4, 0.5) is 0 Å². The second-order valence-corrected chi connectivity index (χ2v) is 4.99. The first-order valence-electron chi connectivity index (χ1n) is 6.69. The van der Waals surface area contributed by atoms with Crippen molar-refractivity contribution in [2.24, 2.45) is 0 Å². The number of hydrogen-bond acceptors (Lipinski definition) is 4. The van der Waals surface area contributed by atoms with E-state index in [2.05, 4.69) is 5.32 Å². The summed E-state index contributed by atoms with van der Waals surface area (Å²) in [6.45, 7) is 4.09. The first-order valence-corrected chi connectivity index (χ1v) is 6.69. The van der Waals surface area contributed by atoms with Gasteiger partial charge in [0.15, 0.2) is 0 Å². The summed E-state index contributed by atoms with van der Waals surface area (Å²) in [5.41, 5.74) is 0.113. The third-order valence-electron chi connectivity index (χ3n) is 3.42. The Morgan fingerprint density at radius 2 is 2.00 bits per heavy atom. The van der Waals surface area contributed by atoms with Crippen LogP contribution < -0.4 is 10.1 Å². The molecular formula is C15H21NO3. The lowest BCUT2D eigenvalue weighted by molar-refractivity contribution is -0.151. The summed E-state index contributed by atoms with van der Waals surface area (Å²) in [6.07, 6.45) is 2.23. The van der Waals surface area contributed by atoms with E-state index in [4.69, 9.17) is 9.47 Å². The van der Waals surface area contributed by atoms with Gasteiger partial charge in [0.05, 0.1) is 13.7 Å².